The molecular formula is C25H34N2O2. The predicted octanol–water partition coefficient (Wildman–Crippen LogP) is 5.19. The Morgan fingerprint density at radius 2 is 1.79 bits per heavy atom. The van der Waals surface area contributed by atoms with Crippen LogP contribution in [0.4, 0.5) is 5.69 Å². The molecule has 0 aliphatic carbocycles. The van der Waals surface area contributed by atoms with Crippen LogP contribution in [0.25, 0.3) is 0 Å². The van der Waals surface area contributed by atoms with Crippen molar-refractivity contribution in [3.63, 3.8) is 0 Å². The monoisotopic (exact) mass is 394 g/mol. The van der Waals surface area contributed by atoms with Crippen molar-refractivity contribution in [1.29, 1.82) is 0 Å². The van der Waals surface area contributed by atoms with Crippen LogP contribution >= 0.6 is 0 Å². The normalized spacial score (nSPS) is 16.6. The van der Waals surface area contributed by atoms with E-state index in [4.69, 9.17) is 0 Å². The van der Waals surface area contributed by atoms with Crippen molar-refractivity contribution in [2.24, 2.45) is 0 Å². The molecule has 29 heavy (non-hydrogen) atoms. The highest BCUT2D eigenvalue weighted by Gasteiger charge is 2.31. The molecule has 2 unspecified atom stereocenters. The number of rotatable bonds is 12. The fourth-order valence-corrected chi connectivity index (χ4v) is 4.30. The number of fused-ring (bicyclic) bond motifs is 1. The minimum atomic E-state index is -0.767. The third kappa shape index (κ3) is 6.07. The number of hydrogen-bond donors (Lipinski definition) is 2. The van der Waals surface area contributed by atoms with Gasteiger partial charge in [0.2, 0.25) is 0 Å². The summed E-state index contributed by atoms with van der Waals surface area (Å²) in [5, 5.41) is 13.0. The van der Waals surface area contributed by atoms with Gasteiger partial charge in [0.1, 0.15) is 6.04 Å². The van der Waals surface area contributed by atoms with Crippen molar-refractivity contribution in [2.45, 2.75) is 64.0 Å². The second-order valence-electron chi connectivity index (χ2n) is 8.11. The molecule has 1 aliphatic heterocycles. The maximum Gasteiger partial charge on any atom is 0.320 e. The Hall–Kier alpha value is -2.33. The standard InChI is InChI=1S/C25H34N2O2/c1-2-3-4-5-11-16-27-19-21(22-14-9-10-15-24(22)27)17-23(25(28)29)26-18-20-12-7-6-8-13-20/h6-10,12-15,21,23,26H,2-5,11,16-19H2,1H3,(H,28,29). The van der Waals surface area contributed by atoms with Crippen molar-refractivity contribution in [2.75, 3.05) is 18.0 Å². The van der Waals surface area contributed by atoms with Crippen molar-refractivity contribution in [3.8, 4) is 0 Å². The van der Waals surface area contributed by atoms with Crippen LogP contribution < -0.4 is 10.2 Å². The highest BCUT2D eigenvalue weighted by Crippen LogP contribution is 2.38. The van der Waals surface area contributed by atoms with Gasteiger partial charge in [0, 0.05) is 31.2 Å². The average molecular weight is 395 g/mol. The van der Waals surface area contributed by atoms with E-state index in [0.717, 1.165) is 18.7 Å². The highest BCUT2D eigenvalue weighted by atomic mass is 16.4. The van der Waals surface area contributed by atoms with E-state index in [1.54, 1.807) is 0 Å². The van der Waals surface area contributed by atoms with E-state index in [1.165, 1.54) is 43.4 Å². The molecule has 2 aromatic rings. The molecule has 3 rings (SSSR count). The topological polar surface area (TPSA) is 52.6 Å². The molecule has 0 aromatic heterocycles. The highest BCUT2D eigenvalue weighted by molar-refractivity contribution is 5.74. The maximum atomic E-state index is 11.9. The molecule has 4 heteroatoms. The van der Waals surface area contributed by atoms with Gasteiger partial charge in [-0.3, -0.25) is 4.79 Å². The smallest absolute Gasteiger partial charge is 0.320 e. The minimum absolute atomic E-state index is 0.256. The predicted molar refractivity (Wildman–Crippen MR) is 119 cm³/mol. The first-order valence-electron chi connectivity index (χ1n) is 11.0. The van der Waals surface area contributed by atoms with Crippen molar-refractivity contribution in [3.05, 3.63) is 65.7 Å². The summed E-state index contributed by atoms with van der Waals surface area (Å²) in [5.74, 6) is -0.511. The van der Waals surface area contributed by atoms with Crippen LogP contribution in [0.15, 0.2) is 54.6 Å². The van der Waals surface area contributed by atoms with Crippen LogP contribution in [0.5, 0.6) is 0 Å². The summed E-state index contributed by atoms with van der Waals surface area (Å²) in [5.41, 5.74) is 3.70. The Morgan fingerprint density at radius 3 is 2.55 bits per heavy atom. The fourth-order valence-electron chi connectivity index (χ4n) is 4.30. The molecule has 0 fully saturated rings. The average Bonchev–Trinajstić information content (AvgIpc) is 3.09. The Kier molecular flexibility index (Phi) is 8.12. The van der Waals surface area contributed by atoms with Gasteiger partial charge in [-0.2, -0.15) is 0 Å². The Morgan fingerprint density at radius 1 is 1.07 bits per heavy atom. The van der Waals surface area contributed by atoms with Gasteiger partial charge in [0.05, 0.1) is 0 Å². The Bertz CT molecular complexity index is 762. The molecule has 4 nitrogen and oxygen atoms in total. The van der Waals surface area contributed by atoms with E-state index in [9.17, 15) is 9.90 Å². The summed E-state index contributed by atoms with van der Waals surface area (Å²) in [6.07, 6.45) is 6.97. The lowest BCUT2D eigenvalue weighted by Crippen LogP contribution is -2.38. The number of carboxylic acids is 1. The third-order valence-corrected chi connectivity index (χ3v) is 5.90. The number of carboxylic acid groups (broad SMARTS) is 1. The van der Waals surface area contributed by atoms with Crippen LogP contribution in [0.2, 0.25) is 0 Å². The minimum Gasteiger partial charge on any atom is -0.480 e. The molecule has 156 valence electrons. The molecule has 0 saturated heterocycles. The fraction of sp³-hybridized carbons (Fsp3) is 0.480. The van der Waals surface area contributed by atoms with Gasteiger partial charge < -0.3 is 15.3 Å². The van der Waals surface area contributed by atoms with Crippen molar-refractivity contribution in [1.82, 2.24) is 5.32 Å². The Balaban J connectivity index is 1.60. The summed E-state index contributed by atoms with van der Waals surface area (Å²) in [7, 11) is 0. The number of carbonyl (C=O) groups is 1. The maximum absolute atomic E-state index is 11.9. The molecule has 0 amide bonds. The van der Waals surface area contributed by atoms with E-state index in [2.05, 4.69) is 41.4 Å². The number of nitrogens with zero attached hydrogens (tertiary/aromatic N) is 1. The molecule has 2 N–H and O–H groups in total. The lowest BCUT2D eigenvalue weighted by molar-refractivity contribution is -0.139. The number of anilines is 1. The van der Waals surface area contributed by atoms with Gasteiger partial charge in [-0.05, 0) is 30.0 Å². The zero-order valence-corrected chi connectivity index (χ0v) is 17.5. The summed E-state index contributed by atoms with van der Waals surface area (Å²) in [6.45, 7) is 4.80. The third-order valence-electron chi connectivity index (χ3n) is 5.90. The van der Waals surface area contributed by atoms with Crippen LogP contribution in [0, 0.1) is 0 Å². The molecule has 1 heterocycles. The summed E-state index contributed by atoms with van der Waals surface area (Å²) in [6, 6.07) is 18.0. The van der Waals surface area contributed by atoms with E-state index >= 15 is 0 Å². The van der Waals surface area contributed by atoms with Gasteiger partial charge in [0.25, 0.3) is 0 Å². The molecule has 2 aromatic carbocycles. The van der Waals surface area contributed by atoms with E-state index in [0.29, 0.717) is 13.0 Å². The second-order valence-corrected chi connectivity index (χ2v) is 8.11. The number of nitrogens with one attached hydrogen (secondary N) is 1. The summed E-state index contributed by atoms with van der Waals surface area (Å²) < 4.78 is 0. The first-order valence-corrected chi connectivity index (χ1v) is 11.0. The first kappa shape index (κ1) is 21.4. The zero-order valence-electron chi connectivity index (χ0n) is 17.5. The van der Waals surface area contributed by atoms with E-state index < -0.39 is 12.0 Å². The number of unbranched alkanes of at least 4 members (excludes halogenated alkanes) is 4. The quantitative estimate of drug-likeness (QED) is 0.486. The van der Waals surface area contributed by atoms with E-state index in [1.807, 2.05) is 30.3 Å². The molecule has 2 atom stereocenters. The molecule has 1 aliphatic rings. The van der Waals surface area contributed by atoms with Crippen LogP contribution in [0.1, 0.15) is 62.5 Å². The number of benzene rings is 2. The zero-order chi connectivity index (χ0) is 20.5. The first-order chi connectivity index (χ1) is 14.2. The van der Waals surface area contributed by atoms with E-state index in [-0.39, 0.29) is 5.92 Å². The largest absolute Gasteiger partial charge is 0.480 e. The van der Waals surface area contributed by atoms with Gasteiger partial charge in [-0.1, -0.05) is 81.1 Å². The van der Waals surface area contributed by atoms with Gasteiger partial charge in [-0.15, -0.1) is 0 Å². The SMILES string of the molecule is CCCCCCCN1CC(CC(NCc2ccccc2)C(=O)O)c2ccccc21. The Labute approximate surface area is 174 Å². The van der Waals surface area contributed by atoms with Crippen LogP contribution in [0.3, 0.4) is 0 Å². The molecule has 0 saturated carbocycles. The summed E-state index contributed by atoms with van der Waals surface area (Å²) in [4.78, 5) is 14.4. The van der Waals surface area contributed by atoms with Gasteiger partial charge in [-0.25, -0.2) is 0 Å². The molecular weight excluding hydrogens is 360 g/mol. The second kappa shape index (κ2) is 11.0. The molecule has 0 radical (unpaired) electrons. The molecule has 0 spiro atoms. The van der Waals surface area contributed by atoms with Crippen molar-refractivity contribution < 1.29 is 9.90 Å². The van der Waals surface area contributed by atoms with Crippen LogP contribution in [-0.4, -0.2) is 30.2 Å². The van der Waals surface area contributed by atoms with Crippen molar-refractivity contribution >= 4 is 11.7 Å². The number of hydrogen-bond acceptors (Lipinski definition) is 3. The summed E-state index contributed by atoms with van der Waals surface area (Å²) >= 11 is 0. The number of aliphatic carboxylic acids is 1. The van der Waals surface area contributed by atoms with Gasteiger partial charge in [0.15, 0.2) is 0 Å². The van der Waals surface area contributed by atoms with Gasteiger partial charge >= 0.3 is 5.97 Å². The molecule has 0 bridgehead atoms. The number of para-hydroxylation sites is 1. The lowest BCUT2D eigenvalue weighted by Gasteiger charge is -2.21. The lowest BCUT2D eigenvalue weighted by atomic mass is 9.94. The van der Waals surface area contributed by atoms with Crippen LogP contribution in [-0.2, 0) is 11.3 Å².